The van der Waals surface area contributed by atoms with E-state index in [1.807, 2.05) is 0 Å². The van der Waals surface area contributed by atoms with Gasteiger partial charge < -0.3 is 5.11 Å². The van der Waals surface area contributed by atoms with E-state index in [4.69, 9.17) is 5.11 Å². The Morgan fingerprint density at radius 2 is 2.40 bits per heavy atom. The molecule has 0 heterocycles. The first-order chi connectivity index (χ1) is 4.81. The number of nitrogens with zero attached hydrogens (tertiary/aromatic N) is 1. The molecular formula is C6H7NO3. The van der Waals surface area contributed by atoms with Gasteiger partial charge in [0.05, 0.1) is 0 Å². The van der Waals surface area contributed by atoms with E-state index in [9.17, 15) is 9.59 Å². The number of carbonyl (C=O) groups is 1. The summed E-state index contributed by atoms with van der Waals surface area (Å²) >= 11 is 0. The summed E-state index contributed by atoms with van der Waals surface area (Å²) in [5.74, 6) is -0.650. The molecule has 1 amide bonds. The Kier molecular flexibility index (Phi) is 5.14. The van der Waals surface area contributed by atoms with Crippen LogP contribution in [0.1, 0.15) is 6.42 Å². The van der Waals surface area contributed by atoms with Crippen LogP contribution in [0.5, 0.6) is 0 Å². The number of aliphatic imine (C=N–C) groups is 1. The maximum atomic E-state index is 10.3. The molecule has 54 valence electrons. The molecule has 4 heteroatoms. The van der Waals surface area contributed by atoms with Crippen LogP contribution in [-0.4, -0.2) is 23.7 Å². The highest BCUT2D eigenvalue weighted by Gasteiger charge is 1.86. The summed E-state index contributed by atoms with van der Waals surface area (Å²) in [5, 5.41) is 8.24. The third-order valence-electron chi connectivity index (χ3n) is 0.712. The Morgan fingerprint density at radius 3 is 2.90 bits per heavy atom. The summed E-state index contributed by atoms with van der Waals surface area (Å²) in [6.07, 6.45) is 4.04. The molecule has 0 rings (SSSR count). The molecule has 0 saturated heterocycles. The van der Waals surface area contributed by atoms with Gasteiger partial charge in [0.1, 0.15) is 0 Å². The van der Waals surface area contributed by atoms with Crippen LogP contribution in [-0.2, 0) is 9.59 Å². The smallest absolute Gasteiger partial charge is 0.280 e. The lowest BCUT2D eigenvalue weighted by molar-refractivity contribution is -0.113. The molecule has 0 aliphatic heterocycles. The van der Waals surface area contributed by atoms with E-state index in [-0.39, 0.29) is 6.61 Å². The first-order valence-corrected chi connectivity index (χ1v) is 2.70. The molecule has 0 saturated carbocycles. The van der Waals surface area contributed by atoms with Crippen LogP contribution in [0.2, 0.25) is 0 Å². The van der Waals surface area contributed by atoms with Crippen molar-refractivity contribution in [1.82, 2.24) is 0 Å². The van der Waals surface area contributed by atoms with E-state index >= 15 is 0 Å². The molecule has 4 nitrogen and oxygen atoms in total. The predicted octanol–water partition coefficient (Wildman–Crippen LogP) is -0.213. The van der Waals surface area contributed by atoms with Crippen LogP contribution in [0.25, 0.3) is 0 Å². The van der Waals surface area contributed by atoms with E-state index in [1.165, 1.54) is 6.08 Å². The van der Waals surface area contributed by atoms with Crippen molar-refractivity contribution in [2.45, 2.75) is 6.42 Å². The van der Waals surface area contributed by atoms with Crippen molar-refractivity contribution in [2.24, 2.45) is 4.99 Å². The lowest BCUT2D eigenvalue weighted by Gasteiger charge is -1.80. The van der Waals surface area contributed by atoms with Gasteiger partial charge >= 0.3 is 0 Å². The summed E-state index contributed by atoms with van der Waals surface area (Å²) < 4.78 is 0. The first-order valence-electron chi connectivity index (χ1n) is 2.70. The molecule has 0 bridgehead atoms. The molecule has 0 spiro atoms. The Balaban J connectivity index is 3.66. The zero-order chi connectivity index (χ0) is 7.82. The summed E-state index contributed by atoms with van der Waals surface area (Å²) in [6.45, 7) is -0.0193. The number of hydrogen-bond donors (Lipinski definition) is 1. The highest BCUT2D eigenvalue weighted by atomic mass is 16.2. The van der Waals surface area contributed by atoms with Gasteiger partial charge in [-0.3, -0.25) is 4.79 Å². The number of hydrogen-bond acceptors (Lipinski definition) is 3. The quantitative estimate of drug-likeness (QED) is 0.336. The van der Waals surface area contributed by atoms with Crippen LogP contribution >= 0.6 is 0 Å². The first kappa shape index (κ1) is 8.75. The zero-order valence-corrected chi connectivity index (χ0v) is 5.28. The molecule has 10 heavy (non-hydrogen) atoms. The van der Waals surface area contributed by atoms with Gasteiger partial charge in [-0.15, -0.1) is 4.99 Å². The second kappa shape index (κ2) is 5.88. The number of carbonyl (C=O) groups excluding carboxylic acids is 2. The van der Waals surface area contributed by atoms with Crippen molar-refractivity contribution in [2.75, 3.05) is 6.61 Å². The van der Waals surface area contributed by atoms with E-state index in [0.717, 1.165) is 12.2 Å². The van der Waals surface area contributed by atoms with Crippen molar-refractivity contribution in [3.05, 3.63) is 12.2 Å². The van der Waals surface area contributed by atoms with Gasteiger partial charge in [0.25, 0.3) is 5.91 Å². The summed E-state index contributed by atoms with van der Waals surface area (Å²) in [7, 11) is 0. The van der Waals surface area contributed by atoms with Crippen LogP contribution in [0.15, 0.2) is 17.1 Å². The lowest BCUT2D eigenvalue weighted by atomic mass is 10.4. The second-order valence-electron chi connectivity index (χ2n) is 1.46. The topological polar surface area (TPSA) is 66.7 Å². The van der Waals surface area contributed by atoms with Gasteiger partial charge in [-0.1, -0.05) is 6.08 Å². The van der Waals surface area contributed by atoms with Crippen molar-refractivity contribution < 1.29 is 14.7 Å². The minimum absolute atomic E-state index is 0.0193. The Hall–Kier alpha value is -1.25. The molecule has 0 radical (unpaired) electrons. The van der Waals surface area contributed by atoms with Crippen molar-refractivity contribution in [3.63, 3.8) is 0 Å². The maximum absolute atomic E-state index is 10.3. The highest BCUT2D eigenvalue weighted by Crippen LogP contribution is 1.82. The third-order valence-corrected chi connectivity index (χ3v) is 0.712. The van der Waals surface area contributed by atoms with Crippen LogP contribution in [0.4, 0.5) is 0 Å². The number of aliphatic hydroxyl groups is 1. The molecule has 0 atom stereocenters. The fraction of sp³-hybridized carbons (Fsp3) is 0.333. The molecular weight excluding hydrogens is 134 g/mol. The Labute approximate surface area is 57.9 Å². The largest absolute Gasteiger partial charge is 0.396 e. The number of aliphatic hydroxyl groups excluding tert-OH is 1. The number of isocyanates is 1. The molecule has 0 aromatic carbocycles. The molecule has 0 aromatic rings. The van der Waals surface area contributed by atoms with Gasteiger partial charge in [0, 0.05) is 12.7 Å². The maximum Gasteiger partial charge on any atom is 0.280 e. The minimum atomic E-state index is -0.650. The molecule has 0 aliphatic rings. The summed E-state index contributed by atoms with van der Waals surface area (Å²) in [5.41, 5.74) is 0. The average Bonchev–Trinajstić information content (AvgIpc) is 1.89. The number of rotatable bonds is 3. The van der Waals surface area contributed by atoms with Gasteiger partial charge in [-0.05, 0) is 6.42 Å². The molecule has 1 N–H and O–H groups in total. The predicted molar refractivity (Wildman–Crippen MR) is 34.0 cm³/mol. The highest BCUT2D eigenvalue weighted by molar-refractivity contribution is 5.91. The summed E-state index contributed by atoms with van der Waals surface area (Å²) in [6, 6.07) is 0. The Bertz CT molecular complexity index is 179. The average molecular weight is 141 g/mol. The van der Waals surface area contributed by atoms with Gasteiger partial charge in [0.2, 0.25) is 6.08 Å². The van der Waals surface area contributed by atoms with Crippen LogP contribution in [0, 0.1) is 0 Å². The van der Waals surface area contributed by atoms with E-state index in [2.05, 4.69) is 4.99 Å². The van der Waals surface area contributed by atoms with Gasteiger partial charge in [0.15, 0.2) is 0 Å². The van der Waals surface area contributed by atoms with Crippen molar-refractivity contribution in [3.8, 4) is 0 Å². The number of amides is 1. The molecule has 0 unspecified atom stereocenters. The fourth-order valence-corrected chi connectivity index (χ4v) is 0.341. The van der Waals surface area contributed by atoms with E-state index in [1.54, 1.807) is 0 Å². The third kappa shape index (κ3) is 4.90. The summed E-state index contributed by atoms with van der Waals surface area (Å²) in [4.78, 5) is 22.6. The van der Waals surface area contributed by atoms with Crippen molar-refractivity contribution in [1.29, 1.82) is 0 Å². The monoisotopic (exact) mass is 141 g/mol. The van der Waals surface area contributed by atoms with Crippen LogP contribution in [0.3, 0.4) is 0 Å². The Morgan fingerprint density at radius 1 is 1.70 bits per heavy atom. The SMILES string of the molecule is O=C=NC(=O)C=CCCO. The van der Waals surface area contributed by atoms with Crippen LogP contribution < -0.4 is 0 Å². The molecule has 0 aliphatic carbocycles. The minimum Gasteiger partial charge on any atom is -0.396 e. The van der Waals surface area contributed by atoms with Gasteiger partial charge in [-0.2, -0.15) is 0 Å². The molecule has 0 fully saturated rings. The lowest BCUT2D eigenvalue weighted by Crippen LogP contribution is -1.85. The van der Waals surface area contributed by atoms with Gasteiger partial charge in [-0.25, -0.2) is 4.79 Å². The zero-order valence-electron chi connectivity index (χ0n) is 5.28. The van der Waals surface area contributed by atoms with Crippen molar-refractivity contribution >= 4 is 12.0 Å². The second-order valence-corrected chi connectivity index (χ2v) is 1.46. The normalized spacial score (nSPS) is 9.30. The fourth-order valence-electron chi connectivity index (χ4n) is 0.341. The van der Waals surface area contributed by atoms with E-state index in [0.29, 0.717) is 6.42 Å². The van der Waals surface area contributed by atoms with E-state index < -0.39 is 5.91 Å². The standard InChI is InChI=1S/C6H7NO3/c8-4-2-1-3-6(10)7-5-9/h1,3,8H,2,4H2. The molecule has 0 aromatic heterocycles.